The summed E-state index contributed by atoms with van der Waals surface area (Å²) in [5, 5.41) is 3.71. The van der Waals surface area contributed by atoms with E-state index >= 15 is 0 Å². The highest BCUT2D eigenvalue weighted by molar-refractivity contribution is 7.91. The monoisotopic (exact) mass is 333 g/mol. The lowest BCUT2D eigenvalue weighted by Gasteiger charge is -2.23. The van der Waals surface area contributed by atoms with E-state index in [1.165, 1.54) is 12.1 Å². The fourth-order valence-corrected chi connectivity index (χ4v) is 5.06. The van der Waals surface area contributed by atoms with Crippen molar-refractivity contribution >= 4 is 21.4 Å². The molecule has 2 atom stereocenters. The molecule has 1 aliphatic rings. The van der Waals surface area contributed by atoms with Crippen molar-refractivity contribution < 1.29 is 12.8 Å². The van der Waals surface area contributed by atoms with Gasteiger partial charge in [-0.2, -0.15) is 0 Å². The molecule has 1 aromatic rings. The summed E-state index contributed by atoms with van der Waals surface area (Å²) in [6.45, 7) is 3.62. The van der Waals surface area contributed by atoms with E-state index in [2.05, 4.69) is 5.32 Å². The van der Waals surface area contributed by atoms with E-state index in [1.807, 2.05) is 6.92 Å². The Morgan fingerprint density at radius 3 is 2.81 bits per heavy atom. The van der Waals surface area contributed by atoms with Gasteiger partial charge in [0.25, 0.3) is 0 Å². The number of nitrogens with one attached hydrogen (secondary N) is 1. The lowest BCUT2D eigenvalue weighted by molar-refractivity contribution is 0.346. The molecule has 0 amide bonds. The molecule has 0 bridgehead atoms. The van der Waals surface area contributed by atoms with E-state index in [4.69, 9.17) is 11.6 Å². The molecule has 1 aromatic carbocycles. The van der Waals surface area contributed by atoms with E-state index < -0.39 is 9.84 Å². The van der Waals surface area contributed by atoms with Crippen molar-refractivity contribution in [2.75, 3.05) is 24.6 Å². The maximum absolute atomic E-state index is 13.1. The largest absolute Gasteiger partial charge is 0.317 e. The van der Waals surface area contributed by atoms with Gasteiger partial charge in [0.1, 0.15) is 5.82 Å². The van der Waals surface area contributed by atoms with Crippen molar-refractivity contribution in [1.29, 1.82) is 0 Å². The zero-order valence-corrected chi connectivity index (χ0v) is 13.7. The first-order valence-electron chi connectivity index (χ1n) is 7.26. The lowest BCUT2D eigenvalue weighted by Crippen LogP contribution is -2.30. The summed E-state index contributed by atoms with van der Waals surface area (Å²) < 4.78 is 36.5. The summed E-state index contributed by atoms with van der Waals surface area (Å²) >= 11 is 6.09. The third-order valence-electron chi connectivity index (χ3n) is 4.09. The standard InChI is InChI=1S/C15H21ClFNO2S/c1-2-18-9-13(12-5-6-21(19,20)10-12)7-11-3-4-14(17)8-15(11)16/h3-4,8,12-13,18H,2,5-7,9-10H2,1H3. The van der Waals surface area contributed by atoms with Crippen LogP contribution in [0.1, 0.15) is 18.9 Å². The first-order valence-corrected chi connectivity index (χ1v) is 9.46. The van der Waals surface area contributed by atoms with Gasteiger partial charge in [0, 0.05) is 5.02 Å². The number of hydrogen-bond acceptors (Lipinski definition) is 3. The molecule has 3 nitrogen and oxygen atoms in total. The predicted octanol–water partition coefficient (Wildman–Crippen LogP) is 2.68. The fraction of sp³-hybridized carbons (Fsp3) is 0.600. The second-order valence-electron chi connectivity index (χ2n) is 5.67. The van der Waals surface area contributed by atoms with Gasteiger partial charge in [-0.05, 0) is 55.5 Å². The minimum absolute atomic E-state index is 0.148. The maximum atomic E-state index is 13.1. The molecule has 1 saturated heterocycles. The number of benzene rings is 1. The van der Waals surface area contributed by atoms with Crippen LogP contribution in [0.15, 0.2) is 18.2 Å². The molecule has 0 aliphatic carbocycles. The minimum Gasteiger partial charge on any atom is -0.317 e. The van der Waals surface area contributed by atoms with Crippen molar-refractivity contribution in [3.63, 3.8) is 0 Å². The van der Waals surface area contributed by atoms with Crippen LogP contribution in [-0.2, 0) is 16.3 Å². The lowest BCUT2D eigenvalue weighted by atomic mass is 9.86. The van der Waals surface area contributed by atoms with Crippen molar-refractivity contribution in [2.24, 2.45) is 11.8 Å². The van der Waals surface area contributed by atoms with Crippen LogP contribution in [0.3, 0.4) is 0 Å². The van der Waals surface area contributed by atoms with Gasteiger partial charge in [-0.1, -0.05) is 24.6 Å². The van der Waals surface area contributed by atoms with Gasteiger partial charge in [-0.25, -0.2) is 12.8 Å². The highest BCUT2D eigenvalue weighted by Crippen LogP contribution is 2.30. The van der Waals surface area contributed by atoms with E-state index in [9.17, 15) is 12.8 Å². The van der Waals surface area contributed by atoms with Crippen LogP contribution in [-0.4, -0.2) is 33.0 Å². The van der Waals surface area contributed by atoms with Crippen molar-refractivity contribution in [1.82, 2.24) is 5.32 Å². The van der Waals surface area contributed by atoms with Gasteiger partial charge in [0.2, 0.25) is 0 Å². The Bertz CT molecular complexity index is 591. The predicted molar refractivity (Wildman–Crippen MR) is 83.9 cm³/mol. The molecule has 118 valence electrons. The molecule has 0 spiro atoms. The van der Waals surface area contributed by atoms with Gasteiger partial charge < -0.3 is 5.32 Å². The van der Waals surface area contributed by atoms with Crippen LogP contribution in [0.25, 0.3) is 0 Å². The molecule has 0 aromatic heterocycles. The molecule has 1 N–H and O–H groups in total. The molecule has 1 aliphatic heterocycles. The van der Waals surface area contributed by atoms with E-state index in [-0.39, 0.29) is 29.2 Å². The highest BCUT2D eigenvalue weighted by atomic mass is 35.5. The molecule has 1 fully saturated rings. The smallest absolute Gasteiger partial charge is 0.150 e. The first-order chi connectivity index (χ1) is 9.91. The van der Waals surface area contributed by atoms with E-state index in [0.29, 0.717) is 17.9 Å². The van der Waals surface area contributed by atoms with Gasteiger partial charge in [-0.15, -0.1) is 0 Å². The first kappa shape index (κ1) is 16.7. The summed E-state index contributed by atoms with van der Waals surface area (Å²) in [5.41, 5.74) is 0.880. The minimum atomic E-state index is -2.90. The van der Waals surface area contributed by atoms with E-state index in [1.54, 1.807) is 6.07 Å². The Morgan fingerprint density at radius 2 is 2.24 bits per heavy atom. The van der Waals surface area contributed by atoms with Gasteiger partial charge in [0.15, 0.2) is 9.84 Å². The number of hydrogen-bond donors (Lipinski definition) is 1. The highest BCUT2D eigenvalue weighted by Gasteiger charge is 2.33. The third kappa shape index (κ3) is 4.66. The SMILES string of the molecule is CCNCC(Cc1ccc(F)cc1Cl)C1CCS(=O)(=O)C1. The van der Waals surface area contributed by atoms with Crippen molar-refractivity contribution in [3.05, 3.63) is 34.6 Å². The molecular weight excluding hydrogens is 313 g/mol. The number of rotatable bonds is 6. The van der Waals surface area contributed by atoms with Gasteiger partial charge >= 0.3 is 0 Å². The Morgan fingerprint density at radius 1 is 1.48 bits per heavy atom. The Kier molecular flexibility index (Phi) is 5.63. The molecular formula is C15H21ClFNO2S. The zero-order chi connectivity index (χ0) is 15.5. The topological polar surface area (TPSA) is 46.2 Å². The molecule has 21 heavy (non-hydrogen) atoms. The Labute approximate surface area is 130 Å². The van der Waals surface area contributed by atoms with Crippen molar-refractivity contribution in [3.8, 4) is 0 Å². The zero-order valence-electron chi connectivity index (χ0n) is 12.1. The third-order valence-corrected chi connectivity index (χ3v) is 6.23. The number of sulfone groups is 1. The number of halogens is 2. The van der Waals surface area contributed by atoms with E-state index in [0.717, 1.165) is 18.7 Å². The Hall–Kier alpha value is -0.650. The molecule has 1 heterocycles. The summed E-state index contributed by atoms with van der Waals surface area (Å²) in [4.78, 5) is 0. The second kappa shape index (κ2) is 7.07. The molecule has 0 radical (unpaired) electrons. The van der Waals surface area contributed by atoms with Crippen LogP contribution in [0, 0.1) is 17.7 Å². The molecule has 2 rings (SSSR count). The second-order valence-corrected chi connectivity index (χ2v) is 8.31. The van der Waals surface area contributed by atoms with Crippen LogP contribution >= 0.6 is 11.6 Å². The van der Waals surface area contributed by atoms with Crippen molar-refractivity contribution in [2.45, 2.75) is 19.8 Å². The summed E-state index contributed by atoms with van der Waals surface area (Å²) in [6.07, 6.45) is 1.38. The maximum Gasteiger partial charge on any atom is 0.150 e. The van der Waals surface area contributed by atoms with Gasteiger partial charge in [0.05, 0.1) is 11.5 Å². The average Bonchev–Trinajstić information content (AvgIpc) is 2.77. The van der Waals surface area contributed by atoms with Gasteiger partial charge in [-0.3, -0.25) is 0 Å². The van der Waals surface area contributed by atoms with Crippen LogP contribution in [0.5, 0.6) is 0 Å². The van der Waals surface area contributed by atoms with Crippen LogP contribution in [0.4, 0.5) is 4.39 Å². The molecule has 6 heteroatoms. The average molecular weight is 334 g/mol. The molecule has 0 saturated carbocycles. The summed E-state index contributed by atoms with van der Waals surface area (Å²) in [7, 11) is -2.90. The quantitative estimate of drug-likeness (QED) is 0.870. The van der Waals surface area contributed by atoms with Crippen LogP contribution < -0.4 is 5.32 Å². The summed E-state index contributed by atoms with van der Waals surface area (Å²) in [5.74, 6) is 0.523. The normalized spacial score (nSPS) is 22.3. The fourth-order valence-electron chi connectivity index (χ4n) is 2.90. The molecule has 2 unspecified atom stereocenters. The Balaban J connectivity index is 2.12. The summed E-state index contributed by atoms with van der Waals surface area (Å²) in [6, 6.07) is 4.41. The van der Waals surface area contributed by atoms with Crippen LogP contribution in [0.2, 0.25) is 5.02 Å².